The van der Waals surface area contributed by atoms with E-state index >= 15 is 0 Å². The first kappa shape index (κ1) is 20.2. The number of hydrogen-bond donors (Lipinski definition) is 1. The van der Waals surface area contributed by atoms with Gasteiger partial charge in [-0.3, -0.25) is 4.79 Å². The summed E-state index contributed by atoms with van der Waals surface area (Å²) >= 11 is 0. The van der Waals surface area contributed by atoms with Crippen molar-refractivity contribution in [3.8, 4) is 23.0 Å². The summed E-state index contributed by atoms with van der Waals surface area (Å²) in [5.41, 5.74) is 1.40. The number of hydrogen-bond acceptors (Lipinski definition) is 5. The number of benzene rings is 2. The van der Waals surface area contributed by atoms with Crippen LogP contribution in [0.4, 0.5) is 5.69 Å². The van der Waals surface area contributed by atoms with Gasteiger partial charge in [0.1, 0.15) is 11.5 Å². The van der Waals surface area contributed by atoms with Crippen LogP contribution in [0.1, 0.15) is 19.4 Å². The number of rotatable bonds is 9. The van der Waals surface area contributed by atoms with Gasteiger partial charge < -0.3 is 24.3 Å². The molecule has 0 heterocycles. The highest BCUT2D eigenvalue weighted by molar-refractivity contribution is 6.02. The van der Waals surface area contributed by atoms with Gasteiger partial charge in [-0.1, -0.05) is 6.07 Å². The second-order valence-corrected chi connectivity index (χ2v) is 5.46. The average Bonchev–Trinajstić information content (AvgIpc) is 2.68. The highest BCUT2D eigenvalue weighted by Gasteiger charge is 2.08. The van der Waals surface area contributed by atoms with Crippen LogP contribution in [0.3, 0.4) is 0 Å². The van der Waals surface area contributed by atoms with Crippen LogP contribution in [0.2, 0.25) is 0 Å². The van der Waals surface area contributed by atoms with Crippen LogP contribution in [0.5, 0.6) is 23.0 Å². The molecule has 0 radical (unpaired) electrons. The van der Waals surface area contributed by atoms with Crippen LogP contribution in [-0.2, 0) is 4.79 Å². The second-order valence-electron chi connectivity index (χ2n) is 5.46. The predicted molar refractivity (Wildman–Crippen MR) is 106 cm³/mol. The molecule has 0 aliphatic heterocycles. The maximum atomic E-state index is 12.2. The molecule has 144 valence electrons. The number of amides is 1. The summed E-state index contributed by atoms with van der Waals surface area (Å²) in [7, 11) is 3.11. The van der Waals surface area contributed by atoms with Gasteiger partial charge in [0.2, 0.25) is 5.91 Å². The molecule has 0 saturated heterocycles. The van der Waals surface area contributed by atoms with Crippen molar-refractivity contribution < 1.29 is 23.7 Å². The molecule has 0 aliphatic carbocycles. The summed E-state index contributed by atoms with van der Waals surface area (Å²) in [6.45, 7) is 4.92. The summed E-state index contributed by atoms with van der Waals surface area (Å²) in [5.74, 6) is 2.24. The van der Waals surface area contributed by atoms with Crippen molar-refractivity contribution >= 4 is 17.7 Å². The quantitative estimate of drug-likeness (QED) is 0.671. The van der Waals surface area contributed by atoms with E-state index in [0.717, 1.165) is 5.56 Å². The fourth-order valence-corrected chi connectivity index (χ4v) is 2.42. The van der Waals surface area contributed by atoms with E-state index < -0.39 is 0 Å². The highest BCUT2D eigenvalue weighted by atomic mass is 16.5. The first-order chi connectivity index (χ1) is 13.1. The van der Waals surface area contributed by atoms with E-state index in [2.05, 4.69) is 5.32 Å². The Hall–Kier alpha value is -3.15. The van der Waals surface area contributed by atoms with Crippen LogP contribution in [0, 0.1) is 0 Å². The van der Waals surface area contributed by atoms with Crippen LogP contribution < -0.4 is 24.3 Å². The van der Waals surface area contributed by atoms with Crippen molar-refractivity contribution in [2.45, 2.75) is 13.8 Å². The Morgan fingerprint density at radius 3 is 2.33 bits per heavy atom. The Bertz CT molecular complexity index is 801. The lowest BCUT2D eigenvalue weighted by atomic mass is 10.2. The second kappa shape index (κ2) is 10.1. The number of carbonyl (C=O) groups excluding carboxylic acids is 1. The molecule has 1 N–H and O–H groups in total. The molecular formula is C21H25NO5. The monoisotopic (exact) mass is 371 g/mol. The van der Waals surface area contributed by atoms with Gasteiger partial charge in [0.05, 0.1) is 33.1 Å². The first-order valence-corrected chi connectivity index (χ1v) is 8.72. The van der Waals surface area contributed by atoms with Gasteiger partial charge in [-0.2, -0.15) is 0 Å². The SMILES string of the molecule is CCOc1ccc(/C=C/C(=O)Nc2ccc(OC)cc2OC)cc1OCC. The number of ether oxygens (including phenoxy) is 4. The van der Waals surface area contributed by atoms with Crippen molar-refractivity contribution in [1.29, 1.82) is 0 Å². The molecule has 0 aliphatic rings. The molecule has 2 aromatic rings. The minimum absolute atomic E-state index is 0.273. The number of carbonyl (C=O) groups is 1. The van der Waals surface area contributed by atoms with E-state index in [1.807, 2.05) is 32.0 Å². The Kier molecular flexibility index (Phi) is 7.55. The van der Waals surface area contributed by atoms with Gasteiger partial charge in [-0.15, -0.1) is 0 Å². The largest absolute Gasteiger partial charge is 0.497 e. The van der Waals surface area contributed by atoms with E-state index in [-0.39, 0.29) is 5.91 Å². The molecular weight excluding hydrogens is 346 g/mol. The van der Waals surface area contributed by atoms with Gasteiger partial charge in [0.25, 0.3) is 0 Å². The fraction of sp³-hybridized carbons (Fsp3) is 0.286. The van der Waals surface area contributed by atoms with E-state index in [9.17, 15) is 4.79 Å². The normalized spacial score (nSPS) is 10.5. The minimum atomic E-state index is -0.273. The summed E-state index contributed by atoms with van der Waals surface area (Å²) in [6.07, 6.45) is 3.17. The third kappa shape index (κ3) is 5.67. The maximum absolute atomic E-state index is 12.2. The zero-order valence-corrected chi connectivity index (χ0v) is 16.1. The van der Waals surface area contributed by atoms with Gasteiger partial charge >= 0.3 is 0 Å². The van der Waals surface area contributed by atoms with Gasteiger partial charge in [0.15, 0.2) is 11.5 Å². The van der Waals surface area contributed by atoms with Crippen LogP contribution in [0.25, 0.3) is 6.08 Å². The summed E-state index contributed by atoms with van der Waals surface area (Å²) in [4.78, 5) is 12.2. The average molecular weight is 371 g/mol. The fourth-order valence-electron chi connectivity index (χ4n) is 2.42. The smallest absolute Gasteiger partial charge is 0.248 e. The number of anilines is 1. The molecule has 2 aromatic carbocycles. The topological polar surface area (TPSA) is 66.0 Å². The van der Waals surface area contributed by atoms with E-state index in [4.69, 9.17) is 18.9 Å². The molecule has 0 unspecified atom stereocenters. The zero-order chi connectivity index (χ0) is 19.6. The predicted octanol–water partition coefficient (Wildman–Crippen LogP) is 4.15. The third-order valence-electron chi connectivity index (χ3n) is 3.66. The van der Waals surface area contributed by atoms with Crippen molar-refractivity contribution in [2.24, 2.45) is 0 Å². The van der Waals surface area contributed by atoms with Crippen molar-refractivity contribution in [3.63, 3.8) is 0 Å². The van der Waals surface area contributed by atoms with Gasteiger partial charge in [0, 0.05) is 12.1 Å². The molecule has 2 rings (SSSR count). The van der Waals surface area contributed by atoms with Gasteiger partial charge in [-0.25, -0.2) is 0 Å². The molecule has 6 heteroatoms. The van der Waals surface area contributed by atoms with Crippen molar-refractivity contribution in [2.75, 3.05) is 32.8 Å². The molecule has 1 amide bonds. The lowest BCUT2D eigenvalue weighted by Gasteiger charge is -2.11. The highest BCUT2D eigenvalue weighted by Crippen LogP contribution is 2.30. The lowest BCUT2D eigenvalue weighted by molar-refractivity contribution is -0.111. The minimum Gasteiger partial charge on any atom is -0.497 e. The summed E-state index contributed by atoms with van der Waals surface area (Å²) < 4.78 is 21.6. The molecule has 6 nitrogen and oxygen atoms in total. The standard InChI is InChI=1S/C21H25NO5/c1-5-26-18-11-7-15(13-20(18)27-6-2)8-12-21(23)22-17-10-9-16(24-3)14-19(17)25-4/h7-14H,5-6H2,1-4H3,(H,22,23)/b12-8+. The maximum Gasteiger partial charge on any atom is 0.248 e. The number of nitrogens with one attached hydrogen (secondary N) is 1. The molecule has 0 spiro atoms. The van der Waals surface area contributed by atoms with E-state index in [1.165, 1.54) is 13.2 Å². The summed E-state index contributed by atoms with van der Waals surface area (Å²) in [5, 5.41) is 2.79. The van der Waals surface area contributed by atoms with Crippen LogP contribution in [0.15, 0.2) is 42.5 Å². The Morgan fingerprint density at radius 2 is 1.67 bits per heavy atom. The number of methoxy groups -OCH3 is 2. The van der Waals surface area contributed by atoms with Crippen molar-refractivity contribution in [1.82, 2.24) is 0 Å². The molecule has 0 fully saturated rings. The first-order valence-electron chi connectivity index (χ1n) is 8.72. The van der Waals surface area contributed by atoms with Crippen LogP contribution >= 0.6 is 0 Å². The summed E-state index contributed by atoms with van der Waals surface area (Å²) in [6, 6.07) is 10.7. The molecule has 0 aromatic heterocycles. The zero-order valence-electron chi connectivity index (χ0n) is 16.1. The molecule has 0 bridgehead atoms. The lowest BCUT2D eigenvalue weighted by Crippen LogP contribution is -2.09. The van der Waals surface area contributed by atoms with Crippen molar-refractivity contribution in [3.05, 3.63) is 48.0 Å². The molecule has 0 atom stereocenters. The van der Waals surface area contributed by atoms with Crippen LogP contribution in [-0.4, -0.2) is 33.3 Å². The Morgan fingerprint density at radius 1 is 0.926 bits per heavy atom. The third-order valence-corrected chi connectivity index (χ3v) is 3.66. The molecule has 27 heavy (non-hydrogen) atoms. The Labute approximate surface area is 159 Å². The van der Waals surface area contributed by atoms with Gasteiger partial charge in [-0.05, 0) is 49.8 Å². The Balaban J connectivity index is 2.11. The molecule has 0 saturated carbocycles. The van der Waals surface area contributed by atoms with E-state index in [1.54, 1.807) is 31.4 Å². The van der Waals surface area contributed by atoms with E-state index in [0.29, 0.717) is 41.9 Å².